The third kappa shape index (κ3) is 2.95. The van der Waals surface area contributed by atoms with Crippen molar-refractivity contribution in [3.05, 3.63) is 35.0 Å². The van der Waals surface area contributed by atoms with Crippen LogP contribution in [0.15, 0.2) is 18.3 Å². The minimum atomic E-state index is -0.885. The number of aryl methyl sites for hydroxylation is 2. The number of aliphatic hydroxyl groups is 1. The minimum Gasteiger partial charge on any atom is -0.478 e. The topological polar surface area (TPSA) is 62.5 Å². The summed E-state index contributed by atoms with van der Waals surface area (Å²) >= 11 is 0. The molecule has 2 N–H and O–H groups in total. The van der Waals surface area contributed by atoms with Gasteiger partial charge >= 0.3 is 5.97 Å². The van der Waals surface area contributed by atoms with Gasteiger partial charge in [-0.05, 0) is 42.0 Å². The molecule has 2 rings (SSSR count). The van der Waals surface area contributed by atoms with Gasteiger partial charge in [-0.1, -0.05) is 20.8 Å². The van der Waals surface area contributed by atoms with Crippen LogP contribution in [0.1, 0.15) is 54.6 Å². The van der Waals surface area contributed by atoms with Gasteiger partial charge < -0.3 is 14.8 Å². The van der Waals surface area contributed by atoms with Gasteiger partial charge in [0.1, 0.15) is 0 Å². The van der Waals surface area contributed by atoms with Crippen LogP contribution in [-0.2, 0) is 13.0 Å². The Morgan fingerprint density at radius 3 is 2.57 bits per heavy atom. The van der Waals surface area contributed by atoms with Crippen molar-refractivity contribution in [2.75, 3.05) is 6.61 Å². The van der Waals surface area contributed by atoms with Gasteiger partial charge in [0, 0.05) is 24.7 Å². The molecule has 1 heterocycles. The van der Waals surface area contributed by atoms with Gasteiger partial charge in [-0.25, -0.2) is 4.79 Å². The summed E-state index contributed by atoms with van der Waals surface area (Å²) in [6.07, 6.45) is 3.66. The SMILES string of the molecule is CCc1cn(CCCO)c2c(C(C)C)cc(C(=O)O)cc12. The van der Waals surface area contributed by atoms with Gasteiger partial charge in [0.15, 0.2) is 0 Å². The van der Waals surface area contributed by atoms with E-state index in [2.05, 4.69) is 31.5 Å². The monoisotopic (exact) mass is 289 g/mol. The second-order valence-corrected chi connectivity index (χ2v) is 5.70. The normalized spacial score (nSPS) is 11.5. The summed E-state index contributed by atoms with van der Waals surface area (Å²) in [5.41, 5.74) is 3.68. The van der Waals surface area contributed by atoms with Gasteiger partial charge in [-0.3, -0.25) is 0 Å². The lowest BCUT2D eigenvalue weighted by atomic mass is 9.96. The van der Waals surface area contributed by atoms with E-state index in [-0.39, 0.29) is 12.5 Å². The predicted molar refractivity (Wildman–Crippen MR) is 84.1 cm³/mol. The van der Waals surface area contributed by atoms with Crippen LogP contribution in [0.5, 0.6) is 0 Å². The number of carboxylic acid groups (broad SMARTS) is 1. The molecule has 0 fully saturated rings. The van der Waals surface area contributed by atoms with Crippen molar-refractivity contribution in [2.24, 2.45) is 0 Å². The Morgan fingerprint density at radius 1 is 1.33 bits per heavy atom. The van der Waals surface area contributed by atoms with Crippen molar-refractivity contribution in [1.82, 2.24) is 4.57 Å². The van der Waals surface area contributed by atoms with Crippen LogP contribution in [-0.4, -0.2) is 27.4 Å². The average Bonchev–Trinajstić information content (AvgIpc) is 2.81. The number of hydrogen-bond acceptors (Lipinski definition) is 2. The fraction of sp³-hybridized carbons (Fsp3) is 0.471. The van der Waals surface area contributed by atoms with Gasteiger partial charge in [-0.15, -0.1) is 0 Å². The molecule has 4 nitrogen and oxygen atoms in total. The van der Waals surface area contributed by atoms with Crippen molar-refractivity contribution in [2.45, 2.75) is 46.1 Å². The Balaban J connectivity index is 2.74. The summed E-state index contributed by atoms with van der Waals surface area (Å²) < 4.78 is 2.16. The molecule has 0 saturated heterocycles. The number of nitrogens with zero attached hydrogens (tertiary/aromatic N) is 1. The zero-order chi connectivity index (χ0) is 15.6. The zero-order valence-electron chi connectivity index (χ0n) is 12.9. The summed E-state index contributed by atoms with van der Waals surface area (Å²) in [5, 5.41) is 19.4. The summed E-state index contributed by atoms with van der Waals surface area (Å²) in [7, 11) is 0. The molecule has 0 aliphatic carbocycles. The Bertz CT molecular complexity index is 656. The molecule has 0 aliphatic rings. The largest absolute Gasteiger partial charge is 0.478 e. The van der Waals surface area contributed by atoms with E-state index in [1.807, 2.05) is 0 Å². The first kappa shape index (κ1) is 15.6. The van der Waals surface area contributed by atoms with E-state index in [1.54, 1.807) is 12.1 Å². The lowest BCUT2D eigenvalue weighted by Gasteiger charge is -2.13. The highest BCUT2D eigenvalue weighted by atomic mass is 16.4. The van der Waals surface area contributed by atoms with E-state index in [1.165, 1.54) is 0 Å². The zero-order valence-corrected chi connectivity index (χ0v) is 12.9. The van der Waals surface area contributed by atoms with Gasteiger partial charge in [0.25, 0.3) is 0 Å². The lowest BCUT2D eigenvalue weighted by Crippen LogP contribution is -2.04. The maximum atomic E-state index is 11.4. The molecule has 0 aliphatic heterocycles. The molecule has 1 aromatic heterocycles. The molecule has 0 spiro atoms. The second-order valence-electron chi connectivity index (χ2n) is 5.70. The Labute approximate surface area is 125 Å². The Hall–Kier alpha value is -1.81. The summed E-state index contributed by atoms with van der Waals surface area (Å²) in [6.45, 7) is 7.14. The summed E-state index contributed by atoms with van der Waals surface area (Å²) in [5.74, 6) is -0.636. The highest BCUT2D eigenvalue weighted by molar-refractivity contribution is 5.97. The number of carbonyl (C=O) groups is 1. The van der Waals surface area contributed by atoms with Crippen LogP contribution in [0, 0.1) is 0 Å². The highest BCUT2D eigenvalue weighted by Gasteiger charge is 2.17. The van der Waals surface area contributed by atoms with Crippen molar-refractivity contribution in [3.8, 4) is 0 Å². The summed E-state index contributed by atoms with van der Waals surface area (Å²) in [4.78, 5) is 11.4. The number of aliphatic hydroxyl groups excluding tert-OH is 1. The molecule has 0 unspecified atom stereocenters. The Morgan fingerprint density at radius 2 is 2.05 bits per heavy atom. The number of benzene rings is 1. The van der Waals surface area contributed by atoms with Gasteiger partial charge in [0.05, 0.1) is 11.1 Å². The fourth-order valence-corrected chi connectivity index (χ4v) is 2.81. The predicted octanol–water partition coefficient (Wildman–Crippen LogP) is 3.41. The second kappa shape index (κ2) is 6.31. The highest BCUT2D eigenvalue weighted by Crippen LogP contribution is 2.31. The van der Waals surface area contributed by atoms with E-state index in [9.17, 15) is 9.90 Å². The van der Waals surface area contributed by atoms with Crippen LogP contribution in [0.2, 0.25) is 0 Å². The molecule has 21 heavy (non-hydrogen) atoms. The molecular formula is C17H23NO3. The van der Waals surface area contributed by atoms with E-state index in [4.69, 9.17) is 5.11 Å². The third-order valence-electron chi connectivity index (χ3n) is 3.89. The van der Waals surface area contributed by atoms with E-state index in [0.29, 0.717) is 12.0 Å². The van der Waals surface area contributed by atoms with E-state index in [0.717, 1.165) is 35.0 Å². The lowest BCUT2D eigenvalue weighted by molar-refractivity contribution is 0.0697. The standard InChI is InChI=1S/C17H23NO3/c1-4-12-10-18(6-5-7-19)16-14(11(2)3)8-13(17(20)21)9-15(12)16/h8-11,19H,4-7H2,1-3H3,(H,20,21). The molecule has 1 aromatic carbocycles. The van der Waals surface area contributed by atoms with Gasteiger partial charge in [-0.2, -0.15) is 0 Å². The van der Waals surface area contributed by atoms with Crippen LogP contribution in [0.3, 0.4) is 0 Å². The number of carboxylic acids is 1. The Kier molecular flexibility index (Phi) is 4.68. The van der Waals surface area contributed by atoms with Crippen molar-refractivity contribution < 1.29 is 15.0 Å². The van der Waals surface area contributed by atoms with Crippen molar-refractivity contribution >= 4 is 16.9 Å². The maximum absolute atomic E-state index is 11.4. The molecule has 4 heteroatoms. The fourth-order valence-electron chi connectivity index (χ4n) is 2.81. The third-order valence-corrected chi connectivity index (χ3v) is 3.89. The van der Waals surface area contributed by atoms with E-state index >= 15 is 0 Å². The number of hydrogen-bond donors (Lipinski definition) is 2. The molecule has 0 atom stereocenters. The molecule has 0 amide bonds. The number of aromatic carboxylic acids is 1. The number of rotatable bonds is 6. The minimum absolute atomic E-state index is 0.158. The smallest absolute Gasteiger partial charge is 0.335 e. The molecular weight excluding hydrogens is 266 g/mol. The quantitative estimate of drug-likeness (QED) is 0.856. The number of fused-ring (bicyclic) bond motifs is 1. The summed E-state index contributed by atoms with van der Waals surface area (Å²) in [6, 6.07) is 3.56. The first-order chi connectivity index (χ1) is 9.99. The average molecular weight is 289 g/mol. The first-order valence-electron chi connectivity index (χ1n) is 7.49. The molecule has 0 saturated carbocycles. The molecule has 0 bridgehead atoms. The van der Waals surface area contributed by atoms with Crippen molar-refractivity contribution in [3.63, 3.8) is 0 Å². The molecule has 0 radical (unpaired) electrons. The van der Waals surface area contributed by atoms with Gasteiger partial charge in [0.2, 0.25) is 0 Å². The molecule has 2 aromatic rings. The van der Waals surface area contributed by atoms with Crippen LogP contribution in [0.4, 0.5) is 0 Å². The number of aromatic nitrogens is 1. The van der Waals surface area contributed by atoms with Crippen LogP contribution < -0.4 is 0 Å². The van der Waals surface area contributed by atoms with Crippen molar-refractivity contribution in [1.29, 1.82) is 0 Å². The van der Waals surface area contributed by atoms with E-state index < -0.39 is 5.97 Å². The molecule has 114 valence electrons. The van der Waals surface area contributed by atoms with Crippen LogP contribution in [0.25, 0.3) is 10.9 Å². The maximum Gasteiger partial charge on any atom is 0.335 e. The first-order valence-corrected chi connectivity index (χ1v) is 7.49. The van der Waals surface area contributed by atoms with Crippen LogP contribution >= 0.6 is 0 Å².